The Hall–Kier alpha value is -5.46. The van der Waals surface area contributed by atoms with Crippen LogP contribution in [0.1, 0.15) is 69.1 Å². The number of ether oxygens (including phenoxy) is 3. The van der Waals surface area contributed by atoms with Crippen molar-refractivity contribution < 1.29 is 28.6 Å². The minimum absolute atomic E-state index is 0.0189. The van der Waals surface area contributed by atoms with Crippen molar-refractivity contribution in [2.24, 2.45) is 39.6 Å². The number of carbonyl (C=O) groups is 3. The first-order chi connectivity index (χ1) is 28.7. The van der Waals surface area contributed by atoms with Gasteiger partial charge in [0.25, 0.3) is 0 Å². The predicted octanol–water partition coefficient (Wildman–Crippen LogP) is 6.82. The zero-order valence-corrected chi connectivity index (χ0v) is 33.9. The zero-order valence-electron chi connectivity index (χ0n) is 33.9. The highest BCUT2D eigenvalue weighted by molar-refractivity contribution is 6.04. The number of aromatic nitrogens is 1. The number of allylic oxidation sites excluding steroid dienone is 2. The molecule has 59 heavy (non-hydrogen) atoms. The van der Waals surface area contributed by atoms with Gasteiger partial charge in [-0.05, 0) is 82.0 Å². The number of alkyl carbamates (subject to hydrolysis) is 1. The van der Waals surface area contributed by atoms with Gasteiger partial charge in [-0.1, -0.05) is 68.4 Å². The molecule has 2 aromatic carbocycles. The van der Waals surface area contributed by atoms with Crippen molar-refractivity contribution in [3.05, 3.63) is 102 Å². The maximum atomic E-state index is 14.0. The lowest BCUT2D eigenvalue weighted by Crippen LogP contribution is -2.54. The van der Waals surface area contributed by atoms with Gasteiger partial charge < -0.3 is 29.7 Å². The van der Waals surface area contributed by atoms with Gasteiger partial charge in [0.2, 0.25) is 11.8 Å². The molecule has 2 bridgehead atoms. The number of aliphatic imine (C=N–C) groups is 2. The minimum atomic E-state index is -0.878. The third kappa shape index (κ3) is 7.76. The summed E-state index contributed by atoms with van der Waals surface area (Å²) >= 11 is 0. The molecular formula is C47H52N6O6. The van der Waals surface area contributed by atoms with E-state index < -0.39 is 17.9 Å². The summed E-state index contributed by atoms with van der Waals surface area (Å²) in [6.45, 7) is 5.51. The number of carbonyl (C=O) groups excluding carboxylic acids is 3. The highest BCUT2D eigenvalue weighted by Gasteiger charge is 2.54. The number of rotatable bonds is 11. The third-order valence-electron chi connectivity index (χ3n) is 13.3. The third-order valence-corrected chi connectivity index (χ3v) is 13.3. The van der Waals surface area contributed by atoms with Gasteiger partial charge in [-0.3, -0.25) is 24.6 Å². The lowest BCUT2D eigenvalue weighted by molar-refractivity contribution is -0.153. The van der Waals surface area contributed by atoms with E-state index >= 15 is 0 Å². The van der Waals surface area contributed by atoms with Gasteiger partial charge in [0.05, 0.1) is 32.9 Å². The van der Waals surface area contributed by atoms with Crippen LogP contribution in [0.4, 0.5) is 4.79 Å². The van der Waals surface area contributed by atoms with E-state index in [4.69, 9.17) is 24.2 Å². The number of nitrogens with one attached hydrogen (secondary N) is 2. The quantitative estimate of drug-likeness (QED) is 0.217. The molecule has 6 atom stereocenters. The molecule has 2 saturated heterocycles. The van der Waals surface area contributed by atoms with Crippen LogP contribution in [0.5, 0.6) is 0 Å². The molecule has 12 heteroatoms. The van der Waals surface area contributed by atoms with E-state index in [-0.39, 0.29) is 42.2 Å². The first kappa shape index (κ1) is 39.0. The molecule has 3 unspecified atom stereocenters. The van der Waals surface area contributed by atoms with E-state index in [1.54, 1.807) is 11.1 Å². The summed E-state index contributed by atoms with van der Waals surface area (Å²) in [5.41, 5.74) is 9.77. The number of likely N-dealkylation sites (tertiary alicyclic amines) is 1. The molecule has 12 nitrogen and oxygen atoms in total. The van der Waals surface area contributed by atoms with Crippen LogP contribution in [0, 0.1) is 29.6 Å². The van der Waals surface area contributed by atoms with E-state index in [1.165, 1.54) is 19.1 Å². The molecule has 3 aromatic rings. The normalized spacial score (nSPS) is 25.8. The van der Waals surface area contributed by atoms with E-state index in [0.717, 1.165) is 64.1 Å². The molecule has 4 aliphatic heterocycles. The molecule has 0 radical (unpaired) electrons. The van der Waals surface area contributed by atoms with Crippen molar-refractivity contribution in [2.75, 3.05) is 26.9 Å². The number of pyridine rings is 1. The maximum Gasteiger partial charge on any atom is 0.407 e. The van der Waals surface area contributed by atoms with Crippen LogP contribution < -0.4 is 10.6 Å². The van der Waals surface area contributed by atoms with Crippen LogP contribution in [-0.4, -0.2) is 84.0 Å². The molecule has 3 amide bonds. The summed E-state index contributed by atoms with van der Waals surface area (Å²) in [6, 6.07) is 20.0. The summed E-state index contributed by atoms with van der Waals surface area (Å²) < 4.78 is 16.9. The van der Waals surface area contributed by atoms with Gasteiger partial charge >= 0.3 is 6.09 Å². The van der Waals surface area contributed by atoms with E-state index in [0.29, 0.717) is 44.4 Å². The SMILES string of the molecule is COC(=O)N[C@H](C(=O)N1CC2(C[C@H]1C1=NC=C(c3ccc(-c4ccc(C5=CN=C(C6C7CCC(C7)[C@@H]6C(=O)NCc6cccnc6)C5)cc4)cc3)C1)OCCO2)C(C)C. The number of hydrogen-bond acceptors (Lipinski definition) is 9. The number of hydrogen-bond donors (Lipinski definition) is 2. The fourth-order valence-electron chi connectivity index (χ4n) is 10.3. The molecule has 9 rings (SSSR count). The maximum absolute atomic E-state index is 14.0. The van der Waals surface area contributed by atoms with E-state index in [9.17, 15) is 14.4 Å². The predicted molar refractivity (Wildman–Crippen MR) is 225 cm³/mol. The largest absolute Gasteiger partial charge is 0.453 e. The lowest BCUT2D eigenvalue weighted by Gasteiger charge is -2.31. The number of methoxy groups -OCH3 is 1. The van der Waals surface area contributed by atoms with Crippen LogP contribution in [0.25, 0.3) is 22.3 Å². The molecule has 4 fully saturated rings. The van der Waals surface area contributed by atoms with Crippen molar-refractivity contribution in [1.29, 1.82) is 0 Å². The van der Waals surface area contributed by atoms with Crippen LogP contribution in [0.15, 0.2) is 95.4 Å². The Balaban J connectivity index is 0.821. The van der Waals surface area contributed by atoms with Crippen molar-refractivity contribution in [3.63, 3.8) is 0 Å². The molecule has 2 N–H and O–H groups in total. The average molecular weight is 797 g/mol. The Morgan fingerprint density at radius 3 is 2.12 bits per heavy atom. The van der Waals surface area contributed by atoms with Crippen LogP contribution >= 0.6 is 0 Å². The first-order valence-corrected chi connectivity index (χ1v) is 21.0. The Morgan fingerprint density at radius 2 is 1.49 bits per heavy atom. The monoisotopic (exact) mass is 796 g/mol. The number of fused-ring (bicyclic) bond motifs is 2. The molecule has 5 heterocycles. The molecule has 1 aromatic heterocycles. The highest BCUT2D eigenvalue weighted by Crippen LogP contribution is 2.54. The van der Waals surface area contributed by atoms with Gasteiger partial charge in [-0.25, -0.2) is 4.79 Å². The zero-order chi connectivity index (χ0) is 40.7. The Bertz CT molecular complexity index is 2210. The number of amides is 3. The topological polar surface area (TPSA) is 144 Å². The van der Waals surface area contributed by atoms with Gasteiger partial charge in [0.1, 0.15) is 6.04 Å². The van der Waals surface area contributed by atoms with Crippen molar-refractivity contribution >= 4 is 40.5 Å². The Labute approximate surface area is 345 Å². The average Bonchev–Trinajstić information content (AvgIpc) is 4.14. The number of nitrogens with zero attached hydrogens (tertiary/aromatic N) is 4. The van der Waals surface area contributed by atoms with Crippen molar-refractivity contribution in [3.8, 4) is 11.1 Å². The fourth-order valence-corrected chi connectivity index (χ4v) is 10.3. The molecule has 2 aliphatic carbocycles. The van der Waals surface area contributed by atoms with Gasteiger partial charge in [0, 0.05) is 73.9 Å². The van der Waals surface area contributed by atoms with Crippen LogP contribution in [0.2, 0.25) is 0 Å². The first-order valence-electron chi connectivity index (χ1n) is 21.0. The molecular weight excluding hydrogens is 745 g/mol. The van der Waals surface area contributed by atoms with Gasteiger partial charge in [-0.15, -0.1) is 0 Å². The summed E-state index contributed by atoms with van der Waals surface area (Å²) in [5.74, 6) is 0.0429. The molecule has 2 saturated carbocycles. The summed E-state index contributed by atoms with van der Waals surface area (Å²) in [6.07, 6.45) is 12.1. The summed E-state index contributed by atoms with van der Waals surface area (Å²) in [7, 11) is 1.29. The standard InChI is InChI=1S/C47H52N6O6/c1-28(2)43(52-46(56)57-3)45(55)53-27-47(58-17-18-59-47)22-40(53)38-20-36(25-49-38)32-10-6-30(7-11-32)31-8-12-33(13-9-31)37-21-39(50-26-37)41-34-14-15-35(19-34)42(41)44(54)51-24-29-5-4-16-48-23-29/h4-13,16,23,25-26,28,34-35,40-43H,14-15,17-22,24,27H2,1-3H3,(H,51,54)(H,52,56)/t34?,35?,40-,41?,42-,43-/m0/s1. The second kappa shape index (κ2) is 16.3. The van der Waals surface area contributed by atoms with Gasteiger partial charge in [0.15, 0.2) is 5.79 Å². The Kier molecular flexibility index (Phi) is 10.8. The molecule has 1 spiro atoms. The summed E-state index contributed by atoms with van der Waals surface area (Å²) in [4.78, 5) is 55.5. The molecule has 306 valence electrons. The van der Waals surface area contributed by atoms with Crippen molar-refractivity contribution in [1.82, 2.24) is 20.5 Å². The van der Waals surface area contributed by atoms with E-state index in [2.05, 4.69) is 64.1 Å². The lowest BCUT2D eigenvalue weighted by atomic mass is 9.75. The number of benzene rings is 2. The van der Waals surface area contributed by atoms with Gasteiger partial charge in [-0.2, -0.15) is 0 Å². The highest BCUT2D eigenvalue weighted by atomic mass is 16.7. The van der Waals surface area contributed by atoms with E-state index in [1.807, 2.05) is 44.6 Å². The van der Waals surface area contributed by atoms with Crippen LogP contribution in [-0.2, 0) is 30.3 Å². The molecule has 6 aliphatic rings. The summed E-state index contributed by atoms with van der Waals surface area (Å²) in [5, 5.41) is 5.93. The minimum Gasteiger partial charge on any atom is -0.453 e. The second-order valence-corrected chi connectivity index (χ2v) is 17.2. The van der Waals surface area contributed by atoms with Crippen molar-refractivity contribution in [2.45, 2.75) is 76.8 Å². The van der Waals surface area contributed by atoms with Crippen LogP contribution in [0.3, 0.4) is 0 Å². The Morgan fingerprint density at radius 1 is 0.864 bits per heavy atom. The smallest absolute Gasteiger partial charge is 0.407 e. The fraction of sp³-hybridized carbons (Fsp3) is 0.447. The second-order valence-electron chi connectivity index (χ2n) is 17.2.